The number of rotatable bonds is 4. The van der Waals surface area contributed by atoms with Crippen molar-refractivity contribution in [1.82, 2.24) is 0 Å². The Bertz CT molecular complexity index is 472. The van der Waals surface area contributed by atoms with Gasteiger partial charge in [0.2, 0.25) is 0 Å². The molecule has 0 N–H and O–H groups in total. The van der Waals surface area contributed by atoms with Crippen LogP contribution in [0.3, 0.4) is 0 Å². The van der Waals surface area contributed by atoms with Crippen molar-refractivity contribution >= 4 is 12.2 Å². The van der Waals surface area contributed by atoms with Gasteiger partial charge >= 0.3 is 5.97 Å². The Hall–Kier alpha value is -1.84. The van der Waals surface area contributed by atoms with E-state index in [1.165, 1.54) is 0 Å². The molecule has 2 aliphatic rings. The van der Waals surface area contributed by atoms with Crippen LogP contribution in [0.2, 0.25) is 0 Å². The number of carbonyl (C=O) groups is 1. The molecule has 1 aliphatic carbocycles. The lowest BCUT2D eigenvalue weighted by Crippen LogP contribution is -2.20. The number of oxime groups is 1. The first-order chi connectivity index (χ1) is 9.33. The Labute approximate surface area is 112 Å². The molecule has 0 amide bonds. The molecule has 1 aliphatic heterocycles. The first kappa shape index (κ1) is 12.2. The zero-order valence-electron chi connectivity index (χ0n) is 10.7. The lowest BCUT2D eigenvalue weighted by atomic mass is 10.0. The number of fused-ring (bicyclic) bond motifs is 1. The molecular formula is C15H17NO3. The van der Waals surface area contributed by atoms with Gasteiger partial charge in [0.15, 0.2) is 0 Å². The molecule has 1 unspecified atom stereocenters. The first-order valence-corrected chi connectivity index (χ1v) is 6.72. The fraction of sp³-hybridized carbons (Fsp3) is 0.467. The highest BCUT2D eigenvalue weighted by atomic mass is 16.6. The zero-order valence-corrected chi connectivity index (χ0v) is 10.7. The van der Waals surface area contributed by atoms with Crippen LogP contribution < -0.4 is 0 Å². The Morgan fingerprint density at radius 2 is 2.16 bits per heavy atom. The number of ether oxygens (including phenoxy) is 1. The summed E-state index contributed by atoms with van der Waals surface area (Å²) in [6.07, 6.45) is 4.47. The second-order valence-electron chi connectivity index (χ2n) is 5.17. The molecule has 1 heterocycles. The van der Waals surface area contributed by atoms with Gasteiger partial charge in [0.05, 0.1) is 12.6 Å². The van der Waals surface area contributed by atoms with E-state index < -0.39 is 0 Å². The largest absolute Gasteiger partial charge is 0.461 e. The summed E-state index contributed by atoms with van der Waals surface area (Å²) in [6, 6.07) is 9.92. The number of hydrogen-bond acceptors (Lipinski definition) is 4. The summed E-state index contributed by atoms with van der Waals surface area (Å²) >= 11 is 0. The van der Waals surface area contributed by atoms with Crippen LogP contribution >= 0.6 is 0 Å². The van der Waals surface area contributed by atoms with Crippen LogP contribution in [0.25, 0.3) is 0 Å². The van der Waals surface area contributed by atoms with Crippen molar-refractivity contribution in [2.45, 2.75) is 32.0 Å². The second kappa shape index (κ2) is 5.43. The summed E-state index contributed by atoms with van der Waals surface area (Å²) in [5.41, 5.74) is 1.09. The van der Waals surface area contributed by atoms with E-state index in [1.54, 1.807) is 6.21 Å². The van der Waals surface area contributed by atoms with Crippen molar-refractivity contribution in [2.24, 2.45) is 17.0 Å². The number of carbonyl (C=O) groups excluding carboxylic acids is 1. The topological polar surface area (TPSA) is 47.9 Å². The highest BCUT2D eigenvalue weighted by Gasteiger charge is 2.44. The Balaban J connectivity index is 1.49. The predicted octanol–water partition coefficient (Wildman–Crippen LogP) is 2.53. The number of benzene rings is 1. The molecule has 4 nitrogen and oxygen atoms in total. The average molecular weight is 259 g/mol. The van der Waals surface area contributed by atoms with E-state index >= 15 is 0 Å². The van der Waals surface area contributed by atoms with Gasteiger partial charge in [0.1, 0.15) is 12.7 Å². The molecule has 0 bridgehead atoms. The van der Waals surface area contributed by atoms with Gasteiger partial charge in [-0.2, -0.15) is 0 Å². The minimum Gasteiger partial charge on any atom is -0.461 e. The van der Waals surface area contributed by atoms with Gasteiger partial charge in [0, 0.05) is 11.8 Å². The first-order valence-electron chi connectivity index (χ1n) is 6.72. The van der Waals surface area contributed by atoms with E-state index in [-0.39, 0.29) is 18.0 Å². The maximum absolute atomic E-state index is 11.2. The maximum Gasteiger partial charge on any atom is 0.306 e. The summed E-state index contributed by atoms with van der Waals surface area (Å²) in [5, 5.41) is 4.02. The lowest BCUT2D eigenvalue weighted by molar-refractivity contribution is -0.142. The number of nitrogens with zero attached hydrogens (tertiary/aromatic N) is 1. The quantitative estimate of drug-likeness (QED) is 0.474. The van der Waals surface area contributed by atoms with E-state index in [2.05, 4.69) is 5.16 Å². The standard InChI is InChI=1S/C15H17NO3/c17-14-8-12-6-7-13(15(12)19-14)9-16-18-10-11-4-2-1-3-5-11/h1-5,9,12-13,15H,6-8,10H2/b16-9+/t12-,13?,15+/m1/s1. The van der Waals surface area contributed by atoms with Gasteiger partial charge in [0.25, 0.3) is 0 Å². The summed E-state index contributed by atoms with van der Waals surface area (Å²) in [5.74, 6) is 0.531. The predicted molar refractivity (Wildman–Crippen MR) is 70.4 cm³/mol. The minimum atomic E-state index is -0.0710. The van der Waals surface area contributed by atoms with Gasteiger partial charge in [-0.15, -0.1) is 0 Å². The maximum atomic E-state index is 11.2. The number of esters is 1. The molecule has 0 aromatic heterocycles. The van der Waals surface area contributed by atoms with E-state index in [1.807, 2.05) is 30.3 Å². The monoisotopic (exact) mass is 259 g/mol. The van der Waals surface area contributed by atoms with Crippen molar-refractivity contribution in [3.63, 3.8) is 0 Å². The summed E-state index contributed by atoms with van der Waals surface area (Å²) < 4.78 is 5.33. The van der Waals surface area contributed by atoms with Gasteiger partial charge in [-0.05, 0) is 18.4 Å². The van der Waals surface area contributed by atoms with Gasteiger partial charge in [-0.1, -0.05) is 35.5 Å². The highest BCUT2D eigenvalue weighted by Crippen LogP contribution is 2.39. The SMILES string of the molecule is O=C1C[C@H]2CCC(/C=N/OCc3ccccc3)[C@H]2O1. The van der Waals surface area contributed by atoms with Crippen LogP contribution in [0.15, 0.2) is 35.5 Å². The molecule has 1 aromatic rings. The van der Waals surface area contributed by atoms with Crippen LogP contribution in [0.1, 0.15) is 24.8 Å². The highest BCUT2D eigenvalue weighted by molar-refractivity contribution is 5.74. The lowest BCUT2D eigenvalue weighted by Gasteiger charge is -2.12. The Kier molecular flexibility index (Phi) is 3.49. The van der Waals surface area contributed by atoms with E-state index in [0.29, 0.717) is 18.9 Å². The third-order valence-electron chi connectivity index (χ3n) is 3.85. The molecule has 1 saturated carbocycles. The average Bonchev–Trinajstić information content (AvgIpc) is 2.96. The molecular weight excluding hydrogens is 242 g/mol. The molecule has 2 fully saturated rings. The van der Waals surface area contributed by atoms with Crippen molar-refractivity contribution in [1.29, 1.82) is 0 Å². The van der Waals surface area contributed by atoms with E-state index in [0.717, 1.165) is 18.4 Å². The molecule has 3 rings (SSSR count). The molecule has 19 heavy (non-hydrogen) atoms. The van der Waals surface area contributed by atoms with Crippen molar-refractivity contribution in [2.75, 3.05) is 0 Å². The van der Waals surface area contributed by atoms with Crippen LogP contribution in [0, 0.1) is 11.8 Å². The molecule has 1 aromatic carbocycles. The Morgan fingerprint density at radius 3 is 3.00 bits per heavy atom. The number of hydrogen-bond donors (Lipinski definition) is 0. The van der Waals surface area contributed by atoms with Crippen LogP contribution in [-0.2, 0) is 21.0 Å². The smallest absolute Gasteiger partial charge is 0.306 e. The van der Waals surface area contributed by atoms with Crippen LogP contribution in [-0.4, -0.2) is 18.3 Å². The normalized spacial score (nSPS) is 29.5. The van der Waals surface area contributed by atoms with Crippen LogP contribution in [0.5, 0.6) is 0 Å². The second-order valence-corrected chi connectivity index (χ2v) is 5.17. The molecule has 0 radical (unpaired) electrons. The van der Waals surface area contributed by atoms with Gasteiger partial charge < -0.3 is 9.57 Å². The van der Waals surface area contributed by atoms with Crippen LogP contribution in [0.4, 0.5) is 0 Å². The van der Waals surface area contributed by atoms with E-state index in [4.69, 9.17) is 9.57 Å². The molecule has 4 heteroatoms. The third kappa shape index (κ3) is 2.78. The summed E-state index contributed by atoms with van der Waals surface area (Å²) in [6.45, 7) is 0.470. The fourth-order valence-corrected chi connectivity index (χ4v) is 2.87. The summed E-state index contributed by atoms with van der Waals surface area (Å²) in [7, 11) is 0. The Morgan fingerprint density at radius 1 is 1.32 bits per heavy atom. The molecule has 1 saturated heterocycles. The van der Waals surface area contributed by atoms with Crippen molar-refractivity contribution in [3.8, 4) is 0 Å². The zero-order chi connectivity index (χ0) is 13.1. The summed E-state index contributed by atoms with van der Waals surface area (Å²) in [4.78, 5) is 16.5. The molecule has 0 spiro atoms. The minimum absolute atomic E-state index is 0.0246. The van der Waals surface area contributed by atoms with Gasteiger partial charge in [-0.25, -0.2) is 0 Å². The molecule has 3 atom stereocenters. The molecule has 100 valence electrons. The van der Waals surface area contributed by atoms with E-state index in [9.17, 15) is 4.79 Å². The fourth-order valence-electron chi connectivity index (χ4n) is 2.87. The van der Waals surface area contributed by atoms with Crippen molar-refractivity contribution in [3.05, 3.63) is 35.9 Å². The van der Waals surface area contributed by atoms with Crippen molar-refractivity contribution < 1.29 is 14.4 Å². The van der Waals surface area contributed by atoms with Gasteiger partial charge in [-0.3, -0.25) is 4.79 Å². The third-order valence-corrected chi connectivity index (χ3v) is 3.85.